The number of nitrogens with zero attached hydrogens (tertiary/aromatic N) is 3. The first-order valence-corrected chi connectivity index (χ1v) is 10.3. The Labute approximate surface area is 165 Å². The number of hydrogen-bond donors (Lipinski definition) is 1. The minimum absolute atomic E-state index is 0. The van der Waals surface area contributed by atoms with Gasteiger partial charge in [-0.25, -0.2) is 0 Å². The number of halogens is 1. The van der Waals surface area contributed by atoms with E-state index in [-0.39, 0.29) is 18.3 Å². The fraction of sp³-hybridized carbons (Fsp3) is 0.684. The second-order valence-electron chi connectivity index (χ2n) is 7.91. The summed E-state index contributed by atoms with van der Waals surface area (Å²) in [6, 6.07) is 2.64. The van der Waals surface area contributed by atoms with Gasteiger partial charge in [-0.1, -0.05) is 13.8 Å². The van der Waals surface area contributed by atoms with E-state index in [1.807, 2.05) is 16.6 Å². The van der Waals surface area contributed by atoms with Gasteiger partial charge in [-0.2, -0.15) is 5.10 Å². The number of nitrogens with one attached hydrogen (secondary N) is 1. The third-order valence-electron chi connectivity index (χ3n) is 5.47. The van der Waals surface area contributed by atoms with Crippen molar-refractivity contribution in [2.24, 2.45) is 13.0 Å². The normalized spacial score (nSPS) is 18.5. The summed E-state index contributed by atoms with van der Waals surface area (Å²) in [6.07, 6.45) is 4.93. The van der Waals surface area contributed by atoms with Crippen molar-refractivity contribution in [3.05, 3.63) is 16.6 Å². The lowest BCUT2D eigenvalue weighted by Gasteiger charge is -2.32. The van der Waals surface area contributed by atoms with Crippen LogP contribution in [0.4, 0.5) is 0 Å². The van der Waals surface area contributed by atoms with Gasteiger partial charge in [0, 0.05) is 31.6 Å². The summed E-state index contributed by atoms with van der Waals surface area (Å²) in [5.41, 5.74) is 1.09. The van der Waals surface area contributed by atoms with Crippen LogP contribution in [0.25, 0.3) is 10.2 Å². The standard InChI is InChI=1S/C19H28N4OS.ClH/c1-12(2)17-15-10-16(25-19(15)22(3)21-17)18(24)23-8-6-14(7-9-23)20-11-13-4-5-13;/h10,12-14,20H,4-9,11H2,1-3H3;1H. The zero-order valence-corrected chi connectivity index (χ0v) is 17.5. The van der Waals surface area contributed by atoms with Gasteiger partial charge in [-0.05, 0) is 50.1 Å². The smallest absolute Gasteiger partial charge is 0.264 e. The van der Waals surface area contributed by atoms with Crippen molar-refractivity contribution in [1.82, 2.24) is 20.0 Å². The van der Waals surface area contributed by atoms with Gasteiger partial charge >= 0.3 is 0 Å². The van der Waals surface area contributed by atoms with Gasteiger partial charge in [0.05, 0.1) is 10.6 Å². The first-order chi connectivity index (χ1) is 12.0. The monoisotopic (exact) mass is 396 g/mol. The van der Waals surface area contributed by atoms with Gasteiger partial charge < -0.3 is 10.2 Å². The summed E-state index contributed by atoms with van der Waals surface area (Å²) in [4.78, 5) is 16.9. The molecule has 1 amide bonds. The molecule has 0 aromatic carbocycles. The average molecular weight is 397 g/mol. The van der Waals surface area contributed by atoms with E-state index in [1.165, 1.54) is 19.4 Å². The molecule has 7 heteroatoms. The molecule has 0 radical (unpaired) electrons. The van der Waals surface area contributed by atoms with Crippen molar-refractivity contribution < 1.29 is 4.79 Å². The molecule has 3 heterocycles. The number of piperidine rings is 1. The quantitative estimate of drug-likeness (QED) is 0.836. The lowest BCUT2D eigenvalue weighted by molar-refractivity contribution is 0.0710. The predicted molar refractivity (Wildman–Crippen MR) is 110 cm³/mol. The summed E-state index contributed by atoms with van der Waals surface area (Å²) >= 11 is 1.58. The number of aryl methyl sites for hydroxylation is 1. The number of thiophene rings is 1. The number of rotatable bonds is 5. The Hall–Kier alpha value is -1.11. The molecular formula is C19H29ClN4OS. The van der Waals surface area contributed by atoms with Gasteiger partial charge in [0.2, 0.25) is 0 Å². The molecule has 1 aliphatic heterocycles. The predicted octanol–water partition coefficient (Wildman–Crippen LogP) is 3.78. The number of hydrogen-bond acceptors (Lipinski definition) is 4. The minimum atomic E-state index is 0. The van der Waals surface area contributed by atoms with Gasteiger partial charge in [0.15, 0.2) is 0 Å². The summed E-state index contributed by atoms with van der Waals surface area (Å²) in [5, 5.41) is 9.43. The third-order valence-corrected chi connectivity index (χ3v) is 6.66. The van der Waals surface area contributed by atoms with Crippen LogP contribution in [0.3, 0.4) is 0 Å². The van der Waals surface area contributed by atoms with E-state index in [1.54, 1.807) is 11.3 Å². The van der Waals surface area contributed by atoms with Crippen molar-refractivity contribution in [1.29, 1.82) is 0 Å². The van der Waals surface area contributed by atoms with Crippen LogP contribution in [0.15, 0.2) is 6.07 Å². The molecular weight excluding hydrogens is 368 g/mol. The second-order valence-corrected chi connectivity index (χ2v) is 8.94. The van der Waals surface area contributed by atoms with E-state index in [4.69, 9.17) is 0 Å². The van der Waals surface area contributed by atoms with E-state index in [0.717, 1.165) is 52.6 Å². The van der Waals surface area contributed by atoms with Crippen LogP contribution < -0.4 is 5.32 Å². The number of carbonyl (C=O) groups is 1. The van der Waals surface area contributed by atoms with Crippen molar-refractivity contribution in [2.45, 2.75) is 51.5 Å². The molecule has 0 atom stereocenters. The lowest BCUT2D eigenvalue weighted by Crippen LogP contribution is -2.45. The third kappa shape index (κ3) is 3.92. The van der Waals surface area contributed by atoms with Crippen LogP contribution in [0.2, 0.25) is 0 Å². The molecule has 0 bridgehead atoms. The topological polar surface area (TPSA) is 50.2 Å². The Bertz CT molecular complexity index is 772. The van der Waals surface area contributed by atoms with Gasteiger partial charge in [-0.15, -0.1) is 23.7 Å². The van der Waals surface area contributed by atoms with Crippen LogP contribution in [-0.2, 0) is 7.05 Å². The summed E-state index contributed by atoms with van der Waals surface area (Å²) in [6.45, 7) is 7.20. The number of aromatic nitrogens is 2. The molecule has 144 valence electrons. The Morgan fingerprint density at radius 1 is 1.31 bits per heavy atom. The van der Waals surface area contributed by atoms with Crippen LogP contribution in [-0.4, -0.2) is 46.3 Å². The van der Waals surface area contributed by atoms with Crippen molar-refractivity contribution in [3.8, 4) is 0 Å². The molecule has 2 aromatic heterocycles. The van der Waals surface area contributed by atoms with E-state index in [0.29, 0.717) is 12.0 Å². The Morgan fingerprint density at radius 2 is 2.00 bits per heavy atom. The molecule has 2 fully saturated rings. The number of amides is 1. The zero-order chi connectivity index (χ0) is 17.6. The second kappa shape index (κ2) is 7.87. The molecule has 4 rings (SSSR count). The van der Waals surface area contributed by atoms with Gasteiger partial charge in [0.1, 0.15) is 4.83 Å². The molecule has 0 spiro atoms. The first-order valence-electron chi connectivity index (χ1n) is 9.52. The van der Waals surface area contributed by atoms with Crippen LogP contribution in [0.5, 0.6) is 0 Å². The maximum Gasteiger partial charge on any atom is 0.264 e. The summed E-state index contributed by atoms with van der Waals surface area (Å²) in [5.74, 6) is 1.48. The van der Waals surface area contributed by atoms with Crippen LogP contribution in [0.1, 0.15) is 60.8 Å². The highest BCUT2D eigenvalue weighted by atomic mass is 35.5. The fourth-order valence-corrected chi connectivity index (χ4v) is 4.74. The van der Waals surface area contributed by atoms with Crippen molar-refractivity contribution in [2.75, 3.05) is 19.6 Å². The molecule has 1 saturated heterocycles. The Balaban J connectivity index is 0.00000196. The highest BCUT2D eigenvalue weighted by Gasteiger charge is 2.27. The molecule has 1 saturated carbocycles. The number of fused-ring (bicyclic) bond motifs is 1. The van der Waals surface area contributed by atoms with Crippen LogP contribution >= 0.6 is 23.7 Å². The maximum atomic E-state index is 12.9. The van der Waals surface area contributed by atoms with Gasteiger partial charge in [-0.3, -0.25) is 9.48 Å². The van der Waals surface area contributed by atoms with Crippen molar-refractivity contribution >= 4 is 39.9 Å². The van der Waals surface area contributed by atoms with E-state index < -0.39 is 0 Å². The van der Waals surface area contributed by atoms with E-state index >= 15 is 0 Å². The van der Waals surface area contributed by atoms with E-state index in [2.05, 4.69) is 30.3 Å². The highest BCUT2D eigenvalue weighted by Crippen LogP contribution is 2.32. The molecule has 1 aliphatic carbocycles. The lowest BCUT2D eigenvalue weighted by atomic mass is 10.0. The Morgan fingerprint density at radius 3 is 2.62 bits per heavy atom. The molecule has 5 nitrogen and oxygen atoms in total. The molecule has 0 unspecified atom stereocenters. The minimum Gasteiger partial charge on any atom is -0.338 e. The SMILES string of the molecule is CC(C)c1nn(C)c2sc(C(=O)N3CCC(NCC4CC4)CC3)cc12.Cl. The van der Waals surface area contributed by atoms with Gasteiger partial charge in [0.25, 0.3) is 5.91 Å². The molecule has 2 aromatic rings. The highest BCUT2D eigenvalue weighted by molar-refractivity contribution is 7.20. The molecule has 26 heavy (non-hydrogen) atoms. The summed E-state index contributed by atoms with van der Waals surface area (Å²) < 4.78 is 1.92. The fourth-order valence-electron chi connectivity index (χ4n) is 3.70. The number of carbonyl (C=O) groups excluding carboxylic acids is 1. The molecule has 1 N–H and O–H groups in total. The first kappa shape index (κ1) is 19.6. The maximum absolute atomic E-state index is 12.9. The Kier molecular flexibility index (Phi) is 5.94. The van der Waals surface area contributed by atoms with Crippen molar-refractivity contribution in [3.63, 3.8) is 0 Å². The zero-order valence-electron chi connectivity index (χ0n) is 15.8. The summed E-state index contributed by atoms with van der Waals surface area (Å²) in [7, 11) is 1.97. The molecule has 2 aliphatic rings. The number of likely N-dealkylation sites (tertiary alicyclic amines) is 1. The van der Waals surface area contributed by atoms with Crippen LogP contribution in [0, 0.1) is 5.92 Å². The average Bonchev–Trinajstić information content (AvgIpc) is 3.24. The largest absolute Gasteiger partial charge is 0.338 e. The van der Waals surface area contributed by atoms with E-state index in [9.17, 15) is 4.79 Å².